The van der Waals surface area contributed by atoms with Crippen LogP contribution in [0.1, 0.15) is 0 Å². The molecule has 7 heteroatoms. The van der Waals surface area contributed by atoms with E-state index in [9.17, 15) is 9.59 Å². The molecule has 1 aliphatic rings. The number of carboxylic acids is 1. The summed E-state index contributed by atoms with van der Waals surface area (Å²) in [6.45, 7) is 0. The van der Waals surface area contributed by atoms with E-state index in [0.29, 0.717) is 0 Å². The number of hydrogen-bond acceptors (Lipinski definition) is 6. The molecule has 0 spiro atoms. The highest BCUT2D eigenvalue weighted by Gasteiger charge is 2.48. The Morgan fingerprint density at radius 1 is 1.46 bits per heavy atom. The van der Waals surface area contributed by atoms with E-state index in [-0.39, 0.29) is 0 Å². The van der Waals surface area contributed by atoms with Gasteiger partial charge in [-0.2, -0.15) is 0 Å². The van der Waals surface area contributed by atoms with Crippen LogP contribution < -0.4 is 0 Å². The highest BCUT2D eigenvalue weighted by molar-refractivity contribution is 5.80. The van der Waals surface area contributed by atoms with E-state index >= 15 is 0 Å². The van der Waals surface area contributed by atoms with E-state index in [0.717, 1.165) is 0 Å². The van der Waals surface area contributed by atoms with E-state index in [1.165, 1.54) is 0 Å². The first-order chi connectivity index (χ1) is 5.95. The summed E-state index contributed by atoms with van der Waals surface area (Å²) < 4.78 is 4.24. The minimum atomic E-state index is -2.03. The number of cyclic esters (lactones) is 1. The molecule has 0 aliphatic carbocycles. The second kappa shape index (κ2) is 3.29. The zero-order valence-corrected chi connectivity index (χ0v) is 6.32. The molecule has 4 N–H and O–H groups in total. The average Bonchev–Trinajstić information content (AvgIpc) is 2.31. The van der Waals surface area contributed by atoms with Gasteiger partial charge in [0.05, 0.1) is 0 Å². The van der Waals surface area contributed by atoms with Gasteiger partial charge in [-0.25, -0.2) is 9.59 Å². The van der Waals surface area contributed by atoms with Gasteiger partial charge in [-0.3, -0.25) is 0 Å². The zero-order chi connectivity index (χ0) is 10.2. The predicted molar refractivity (Wildman–Crippen MR) is 35.5 cm³/mol. The Bertz CT molecular complexity index is 237. The summed E-state index contributed by atoms with van der Waals surface area (Å²) >= 11 is 0. The molecule has 2 unspecified atom stereocenters. The molecule has 1 fully saturated rings. The average molecular weight is 192 g/mol. The summed E-state index contributed by atoms with van der Waals surface area (Å²) in [7, 11) is 0. The third-order valence-electron chi connectivity index (χ3n) is 1.72. The van der Waals surface area contributed by atoms with Crippen molar-refractivity contribution in [2.45, 2.75) is 24.4 Å². The van der Waals surface area contributed by atoms with Crippen LogP contribution in [0.2, 0.25) is 0 Å². The van der Waals surface area contributed by atoms with Crippen LogP contribution in [0.5, 0.6) is 0 Å². The lowest BCUT2D eigenvalue weighted by Gasteiger charge is -2.15. The standard InChI is InChI=1S/C6H8O7/c7-1-2(8)6(12)13-4(1)3(9)5(10)11/h1-4,7-9H,(H,10,11)/t1-,2?,3?,4-/m0/s1. The number of carbonyl (C=O) groups excluding carboxylic acids is 1. The maximum atomic E-state index is 10.6. The minimum absolute atomic E-state index is 1.14. The van der Waals surface area contributed by atoms with Crippen molar-refractivity contribution in [1.29, 1.82) is 0 Å². The lowest BCUT2D eigenvalue weighted by molar-refractivity contribution is -0.161. The second-order valence-corrected chi connectivity index (χ2v) is 2.62. The monoisotopic (exact) mass is 192 g/mol. The van der Waals surface area contributed by atoms with E-state index in [1.807, 2.05) is 0 Å². The van der Waals surface area contributed by atoms with Crippen LogP contribution in [0.25, 0.3) is 0 Å². The van der Waals surface area contributed by atoms with Gasteiger partial charge in [0.1, 0.15) is 6.10 Å². The number of aliphatic hydroxyl groups is 3. The van der Waals surface area contributed by atoms with E-state index in [2.05, 4.69) is 4.74 Å². The summed E-state index contributed by atoms with van der Waals surface area (Å²) in [6, 6.07) is 0. The largest absolute Gasteiger partial charge is 0.479 e. The van der Waals surface area contributed by atoms with Crippen LogP contribution in [0.15, 0.2) is 0 Å². The summed E-state index contributed by atoms with van der Waals surface area (Å²) in [6.07, 6.45) is -7.14. The molecule has 4 atom stereocenters. The summed E-state index contributed by atoms with van der Waals surface area (Å²) in [5.41, 5.74) is 0. The lowest BCUT2D eigenvalue weighted by Crippen LogP contribution is -2.42. The highest BCUT2D eigenvalue weighted by atomic mass is 16.6. The normalized spacial score (nSPS) is 35.6. The van der Waals surface area contributed by atoms with Gasteiger partial charge in [-0.1, -0.05) is 0 Å². The van der Waals surface area contributed by atoms with Gasteiger partial charge in [0.25, 0.3) is 0 Å². The molecular formula is C6H8O7. The molecule has 0 aromatic carbocycles. The quantitative estimate of drug-likeness (QED) is 0.345. The Kier molecular flexibility index (Phi) is 2.50. The molecule has 0 amide bonds. The zero-order valence-electron chi connectivity index (χ0n) is 6.32. The molecule has 1 aliphatic heterocycles. The number of rotatable bonds is 2. The molecule has 1 heterocycles. The van der Waals surface area contributed by atoms with Crippen molar-refractivity contribution in [3.63, 3.8) is 0 Å². The molecular weight excluding hydrogens is 184 g/mol. The maximum Gasteiger partial charge on any atom is 0.338 e. The van der Waals surface area contributed by atoms with Gasteiger partial charge >= 0.3 is 11.9 Å². The maximum absolute atomic E-state index is 10.6. The first-order valence-corrected chi connectivity index (χ1v) is 3.42. The van der Waals surface area contributed by atoms with Crippen molar-refractivity contribution in [2.75, 3.05) is 0 Å². The number of carboxylic acid groups (broad SMARTS) is 1. The summed E-state index contributed by atoms with van der Waals surface area (Å²) in [5.74, 6) is -2.77. The first-order valence-electron chi connectivity index (χ1n) is 3.42. The van der Waals surface area contributed by atoms with Crippen molar-refractivity contribution in [3.8, 4) is 0 Å². The molecule has 1 rings (SSSR count). The molecule has 13 heavy (non-hydrogen) atoms. The predicted octanol–water partition coefficient (Wildman–Crippen LogP) is -2.92. The third-order valence-corrected chi connectivity index (χ3v) is 1.72. The highest BCUT2D eigenvalue weighted by Crippen LogP contribution is 2.18. The number of esters is 1. The molecule has 0 saturated carbocycles. The van der Waals surface area contributed by atoms with Crippen molar-refractivity contribution in [3.05, 3.63) is 0 Å². The smallest absolute Gasteiger partial charge is 0.338 e. The summed E-state index contributed by atoms with van der Waals surface area (Å²) in [4.78, 5) is 20.8. The summed E-state index contributed by atoms with van der Waals surface area (Å²) in [5, 5.41) is 35.0. The van der Waals surface area contributed by atoms with Gasteiger partial charge in [0, 0.05) is 0 Å². The van der Waals surface area contributed by atoms with E-state index in [1.54, 1.807) is 0 Å². The van der Waals surface area contributed by atoms with Crippen LogP contribution in [-0.4, -0.2) is 56.8 Å². The Balaban J connectivity index is 2.73. The number of ether oxygens (including phenoxy) is 1. The third kappa shape index (κ3) is 1.62. The van der Waals surface area contributed by atoms with Gasteiger partial charge < -0.3 is 25.2 Å². The topological polar surface area (TPSA) is 124 Å². The second-order valence-electron chi connectivity index (χ2n) is 2.62. The Hall–Kier alpha value is -1.18. The van der Waals surface area contributed by atoms with Crippen LogP contribution >= 0.6 is 0 Å². The SMILES string of the molecule is O=C(O)C(O)[C@H]1OC(=O)C(O)[C@@H]1O. The van der Waals surface area contributed by atoms with Gasteiger partial charge in [0.2, 0.25) is 0 Å². The van der Waals surface area contributed by atoms with Crippen LogP contribution in [0.4, 0.5) is 0 Å². The Morgan fingerprint density at radius 2 is 2.00 bits per heavy atom. The molecule has 7 nitrogen and oxygen atoms in total. The molecule has 0 bridgehead atoms. The van der Waals surface area contributed by atoms with Crippen molar-refractivity contribution in [2.24, 2.45) is 0 Å². The van der Waals surface area contributed by atoms with E-state index < -0.39 is 36.4 Å². The van der Waals surface area contributed by atoms with Gasteiger partial charge in [-0.15, -0.1) is 0 Å². The van der Waals surface area contributed by atoms with Crippen molar-refractivity contribution in [1.82, 2.24) is 0 Å². The Morgan fingerprint density at radius 3 is 2.31 bits per heavy atom. The van der Waals surface area contributed by atoms with Gasteiger partial charge in [0.15, 0.2) is 18.3 Å². The molecule has 0 aromatic heterocycles. The van der Waals surface area contributed by atoms with Crippen molar-refractivity contribution >= 4 is 11.9 Å². The number of hydrogen-bond donors (Lipinski definition) is 4. The van der Waals surface area contributed by atoms with Crippen LogP contribution in [-0.2, 0) is 14.3 Å². The van der Waals surface area contributed by atoms with Crippen LogP contribution in [0.3, 0.4) is 0 Å². The fourth-order valence-corrected chi connectivity index (χ4v) is 0.984. The first kappa shape index (κ1) is 9.90. The lowest BCUT2D eigenvalue weighted by atomic mass is 10.1. The molecule has 1 saturated heterocycles. The minimum Gasteiger partial charge on any atom is -0.479 e. The number of carbonyl (C=O) groups is 2. The van der Waals surface area contributed by atoms with Crippen molar-refractivity contribution < 1.29 is 34.8 Å². The fourth-order valence-electron chi connectivity index (χ4n) is 0.984. The Labute approximate surface area is 72.2 Å². The fraction of sp³-hybridized carbons (Fsp3) is 0.667. The number of aliphatic hydroxyl groups excluding tert-OH is 3. The van der Waals surface area contributed by atoms with Crippen LogP contribution in [0, 0.1) is 0 Å². The van der Waals surface area contributed by atoms with E-state index in [4.69, 9.17) is 20.4 Å². The molecule has 0 aromatic rings. The number of aliphatic carboxylic acids is 1. The molecule has 74 valence electrons. The van der Waals surface area contributed by atoms with Gasteiger partial charge in [-0.05, 0) is 0 Å². The molecule has 0 radical (unpaired) electrons.